The highest BCUT2D eigenvalue weighted by Crippen LogP contribution is 2.18. The summed E-state index contributed by atoms with van der Waals surface area (Å²) >= 11 is 0. The van der Waals surface area contributed by atoms with Crippen molar-refractivity contribution in [2.75, 3.05) is 39.1 Å². The van der Waals surface area contributed by atoms with E-state index < -0.39 is 0 Å². The smallest absolute Gasteiger partial charge is 0.238 e. The number of nitrogens with one attached hydrogen (secondary N) is 2. The number of carbonyl (C=O) groups is 2. The maximum atomic E-state index is 12.2. The van der Waals surface area contributed by atoms with E-state index in [-0.39, 0.29) is 30.8 Å². The molecule has 2 aromatic carbocycles. The topological polar surface area (TPSA) is 70.7 Å². The second kappa shape index (κ2) is 11.1. The Bertz CT molecular complexity index is 747. The van der Waals surface area contributed by atoms with Crippen LogP contribution in [0, 0.1) is 0 Å². The molecule has 0 unspecified atom stereocenters. The molecule has 150 valence electrons. The van der Waals surface area contributed by atoms with Crippen LogP contribution < -0.4 is 15.4 Å². The van der Waals surface area contributed by atoms with Gasteiger partial charge in [0.15, 0.2) is 0 Å². The van der Waals surface area contributed by atoms with Crippen molar-refractivity contribution in [1.82, 2.24) is 10.2 Å². The van der Waals surface area contributed by atoms with E-state index in [9.17, 15) is 9.59 Å². The minimum Gasteiger partial charge on any atom is -0.497 e. The molecule has 0 bridgehead atoms. The number of nitrogens with zero attached hydrogens (tertiary/aromatic N) is 1. The van der Waals surface area contributed by atoms with Gasteiger partial charge in [-0.2, -0.15) is 0 Å². The predicted octanol–water partition coefficient (Wildman–Crippen LogP) is 2.88. The number of anilines is 1. The zero-order valence-corrected chi connectivity index (χ0v) is 16.8. The summed E-state index contributed by atoms with van der Waals surface area (Å²) in [6, 6.07) is 17.3. The molecule has 28 heavy (non-hydrogen) atoms. The number of likely N-dealkylation sites (N-methyl/N-ethyl adjacent to an activating group) is 1. The van der Waals surface area contributed by atoms with Gasteiger partial charge in [0.1, 0.15) is 5.75 Å². The molecule has 2 rings (SSSR count). The molecule has 0 spiro atoms. The lowest BCUT2D eigenvalue weighted by Crippen LogP contribution is -2.40. The summed E-state index contributed by atoms with van der Waals surface area (Å²) in [5.74, 6) is 0.756. The minimum absolute atomic E-state index is 0.0888. The zero-order chi connectivity index (χ0) is 20.4. The highest BCUT2D eigenvalue weighted by molar-refractivity contribution is 5.92. The summed E-state index contributed by atoms with van der Waals surface area (Å²) in [5.41, 5.74) is 1.91. The Morgan fingerprint density at radius 3 is 2.25 bits per heavy atom. The second-order valence-electron chi connectivity index (χ2n) is 6.77. The summed E-state index contributed by atoms with van der Waals surface area (Å²) in [5, 5.41) is 5.78. The molecular weight excluding hydrogens is 354 g/mol. The van der Waals surface area contributed by atoms with Crippen LogP contribution in [0.3, 0.4) is 0 Å². The molecule has 6 nitrogen and oxygen atoms in total. The normalized spacial score (nSPS) is 11.7. The first-order chi connectivity index (χ1) is 13.5. The number of rotatable bonds is 10. The number of benzene rings is 2. The molecule has 1 atom stereocenters. The largest absolute Gasteiger partial charge is 0.497 e. The minimum atomic E-state index is -0.170. The Morgan fingerprint density at radius 2 is 1.64 bits per heavy atom. The van der Waals surface area contributed by atoms with Crippen LogP contribution in [0.4, 0.5) is 5.69 Å². The Kier molecular flexibility index (Phi) is 8.49. The van der Waals surface area contributed by atoms with E-state index in [2.05, 4.69) is 29.7 Å². The van der Waals surface area contributed by atoms with E-state index in [1.165, 1.54) is 5.56 Å². The molecular formula is C22H29N3O3. The fourth-order valence-electron chi connectivity index (χ4n) is 2.94. The zero-order valence-electron chi connectivity index (χ0n) is 16.8. The van der Waals surface area contributed by atoms with E-state index in [1.807, 2.05) is 18.2 Å². The van der Waals surface area contributed by atoms with Crippen molar-refractivity contribution in [2.24, 2.45) is 0 Å². The fraction of sp³-hybridized carbons (Fsp3) is 0.364. The molecule has 0 fully saturated rings. The second-order valence-corrected chi connectivity index (χ2v) is 6.77. The molecule has 0 aliphatic carbocycles. The van der Waals surface area contributed by atoms with E-state index in [4.69, 9.17) is 4.74 Å². The van der Waals surface area contributed by atoms with Crippen LogP contribution in [0.2, 0.25) is 0 Å². The summed E-state index contributed by atoms with van der Waals surface area (Å²) in [6.45, 7) is 3.00. The van der Waals surface area contributed by atoms with Crippen molar-refractivity contribution < 1.29 is 14.3 Å². The molecule has 2 amide bonds. The molecule has 0 heterocycles. The molecule has 0 aliphatic rings. The van der Waals surface area contributed by atoms with Gasteiger partial charge in [-0.1, -0.05) is 37.3 Å². The first-order valence-corrected chi connectivity index (χ1v) is 9.46. The van der Waals surface area contributed by atoms with Gasteiger partial charge in [0, 0.05) is 18.2 Å². The Morgan fingerprint density at radius 1 is 1.00 bits per heavy atom. The average Bonchev–Trinajstić information content (AvgIpc) is 2.69. The van der Waals surface area contributed by atoms with Crippen molar-refractivity contribution in [3.05, 3.63) is 60.2 Å². The van der Waals surface area contributed by atoms with Gasteiger partial charge in [-0.05, 0) is 43.3 Å². The van der Waals surface area contributed by atoms with Crippen molar-refractivity contribution in [2.45, 2.75) is 19.3 Å². The van der Waals surface area contributed by atoms with Gasteiger partial charge in [0.05, 0.1) is 20.2 Å². The van der Waals surface area contributed by atoms with Gasteiger partial charge in [-0.25, -0.2) is 0 Å². The third-order valence-corrected chi connectivity index (χ3v) is 4.51. The Labute approximate surface area is 166 Å². The third kappa shape index (κ3) is 7.04. The molecule has 2 aromatic rings. The SMILES string of the molecule is CC[C@H](CNC(=O)CN(C)CC(=O)Nc1ccc(OC)cc1)c1ccccc1. The van der Waals surface area contributed by atoms with Gasteiger partial charge < -0.3 is 15.4 Å². The number of carbonyl (C=O) groups excluding carboxylic acids is 2. The standard InChI is InChI=1S/C22H29N3O3/c1-4-17(18-8-6-5-7-9-18)14-23-21(26)15-25(2)16-22(27)24-19-10-12-20(28-3)13-11-19/h5-13,17H,4,14-16H2,1-3H3,(H,23,26)(H,24,27)/t17-/m1/s1. The van der Waals surface area contributed by atoms with Crippen LogP contribution in [0.15, 0.2) is 54.6 Å². The summed E-state index contributed by atoms with van der Waals surface area (Å²) in [6.07, 6.45) is 0.949. The molecule has 0 saturated carbocycles. The van der Waals surface area contributed by atoms with E-state index in [0.717, 1.165) is 12.2 Å². The number of ether oxygens (including phenoxy) is 1. The van der Waals surface area contributed by atoms with Gasteiger partial charge in [0.2, 0.25) is 11.8 Å². The van der Waals surface area contributed by atoms with Crippen molar-refractivity contribution in [1.29, 1.82) is 0 Å². The number of methoxy groups -OCH3 is 1. The monoisotopic (exact) mass is 383 g/mol. The third-order valence-electron chi connectivity index (χ3n) is 4.51. The molecule has 0 aromatic heterocycles. The predicted molar refractivity (Wildman–Crippen MR) is 112 cm³/mol. The number of hydrogen-bond acceptors (Lipinski definition) is 4. The summed E-state index contributed by atoms with van der Waals surface area (Å²) < 4.78 is 5.09. The fourth-order valence-corrected chi connectivity index (χ4v) is 2.94. The van der Waals surface area contributed by atoms with Crippen LogP contribution >= 0.6 is 0 Å². The molecule has 0 radical (unpaired) electrons. The van der Waals surface area contributed by atoms with Gasteiger partial charge in [-0.15, -0.1) is 0 Å². The Hall–Kier alpha value is -2.86. The lowest BCUT2D eigenvalue weighted by Gasteiger charge is -2.19. The van der Waals surface area contributed by atoms with Crippen LogP contribution in [0.1, 0.15) is 24.8 Å². The quantitative estimate of drug-likeness (QED) is 0.662. The summed E-state index contributed by atoms with van der Waals surface area (Å²) in [7, 11) is 3.35. The summed E-state index contributed by atoms with van der Waals surface area (Å²) in [4.78, 5) is 26.0. The van der Waals surface area contributed by atoms with Crippen molar-refractivity contribution >= 4 is 17.5 Å². The Balaban J connectivity index is 1.74. The molecule has 2 N–H and O–H groups in total. The van der Waals surface area contributed by atoms with Crippen molar-refractivity contribution in [3.63, 3.8) is 0 Å². The molecule has 0 saturated heterocycles. The highest BCUT2D eigenvalue weighted by atomic mass is 16.5. The van der Waals surface area contributed by atoms with Crippen molar-refractivity contribution in [3.8, 4) is 5.75 Å². The molecule has 6 heteroatoms. The highest BCUT2D eigenvalue weighted by Gasteiger charge is 2.14. The maximum Gasteiger partial charge on any atom is 0.238 e. The molecule has 0 aliphatic heterocycles. The lowest BCUT2D eigenvalue weighted by molar-refractivity contribution is -0.123. The van der Waals surface area contributed by atoms with Gasteiger partial charge in [0.25, 0.3) is 0 Å². The maximum absolute atomic E-state index is 12.2. The lowest BCUT2D eigenvalue weighted by atomic mass is 9.96. The van der Waals surface area contributed by atoms with Crippen LogP contribution in [0.5, 0.6) is 5.75 Å². The number of hydrogen-bond donors (Lipinski definition) is 2. The van der Waals surface area contributed by atoms with E-state index in [0.29, 0.717) is 12.2 Å². The average molecular weight is 383 g/mol. The number of amides is 2. The van der Waals surface area contributed by atoms with Crippen LogP contribution in [0.25, 0.3) is 0 Å². The first-order valence-electron chi connectivity index (χ1n) is 9.46. The van der Waals surface area contributed by atoms with Crippen LogP contribution in [-0.4, -0.2) is 50.5 Å². The van der Waals surface area contributed by atoms with E-state index >= 15 is 0 Å². The van der Waals surface area contributed by atoms with Gasteiger partial charge >= 0.3 is 0 Å². The van der Waals surface area contributed by atoms with E-state index in [1.54, 1.807) is 43.3 Å². The van der Waals surface area contributed by atoms with Gasteiger partial charge in [-0.3, -0.25) is 14.5 Å². The van der Waals surface area contributed by atoms with Crippen LogP contribution in [-0.2, 0) is 9.59 Å². The first kappa shape index (κ1) is 21.4.